The van der Waals surface area contributed by atoms with Crippen LogP contribution < -0.4 is 4.72 Å². The third-order valence-electron chi connectivity index (χ3n) is 2.23. The van der Waals surface area contributed by atoms with Gasteiger partial charge in [-0.25, -0.2) is 12.8 Å². The Morgan fingerprint density at radius 3 is 2.71 bits per heavy atom. The van der Waals surface area contributed by atoms with Gasteiger partial charge < -0.3 is 0 Å². The number of benzene rings is 1. The second-order valence-electron chi connectivity index (χ2n) is 4.10. The highest BCUT2D eigenvalue weighted by Crippen LogP contribution is 2.18. The Labute approximate surface area is 106 Å². The van der Waals surface area contributed by atoms with E-state index in [1.165, 1.54) is 12.1 Å². The van der Waals surface area contributed by atoms with Crippen LogP contribution in [-0.2, 0) is 10.0 Å². The van der Waals surface area contributed by atoms with E-state index in [2.05, 4.69) is 4.72 Å². The summed E-state index contributed by atoms with van der Waals surface area (Å²) >= 11 is 5.57. The molecule has 0 spiro atoms. The summed E-state index contributed by atoms with van der Waals surface area (Å²) in [6, 6.07) is 3.98. The van der Waals surface area contributed by atoms with Crippen LogP contribution in [0.2, 0.25) is 0 Å². The zero-order chi connectivity index (χ0) is 13.1. The maximum atomic E-state index is 13.0. The van der Waals surface area contributed by atoms with Gasteiger partial charge in [0, 0.05) is 5.88 Å². The van der Waals surface area contributed by atoms with Crippen LogP contribution in [0.3, 0.4) is 0 Å². The summed E-state index contributed by atoms with van der Waals surface area (Å²) in [5.74, 6) is -0.433. The number of halogens is 2. The second-order valence-corrected chi connectivity index (χ2v) is 6.18. The first-order valence-electron chi connectivity index (χ1n) is 5.16. The number of sulfonamides is 1. The number of hydrogen-bond donors (Lipinski definition) is 1. The van der Waals surface area contributed by atoms with Crippen LogP contribution in [0.25, 0.3) is 0 Å². The molecule has 0 bridgehead atoms. The topological polar surface area (TPSA) is 46.2 Å². The summed E-state index contributed by atoms with van der Waals surface area (Å²) in [5, 5.41) is 0. The third-order valence-corrected chi connectivity index (χ3v) is 4.30. The fraction of sp³-hybridized carbons (Fsp3) is 0.455. The highest BCUT2D eigenvalue weighted by atomic mass is 35.5. The normalized spacial score (nSPS) is 13.4. The zero-order valence-electron chi connectivity index (χ0n) is 9.70. The first kappa shape index (κ1) is 14.3. The Morgan fingerprint density at radius 1 is 1.47 bits per heavy atom. The van der Waals surface area contributed by atoms with Gasteiger partial charge in [0.05, 0.1) is 11.4 Å². The van der Waals surface area contributed by atoms with Crippen molar-refractivity contribution >= 4 is 27.3 Å². The highest BCUT2D eigenvalue weighted by molar-refractivity contribution is 7.92. The summed E-state index contributed by atoms with van der Waals surface area (Å²) < 4.78 is 38.8. The Morgan fingerprint density at radius 2 is 2.12 bits per heavy atom. The summed E-state index contributed by atoms with van der Waals surface area (Å²) in [6.45, 7) is 3.45. The van der Waals surface area contributed by atoms with Crippen LogP contribution in [0.5, 0.6) is 0 Å². The standard InChI is InChI=1S/C11H15ClFNO2S/c1-8(6-12)7-17(15,16)14-11-5-10(13)4-3-9(11)2/h3-5,8,14H,6-7H2,1-2H3. The maximum Gasteiger partial charge on any atom is 0.233 e. The Kier molecular flexibility index (Phi) is 4.77. The minimum atomic E-state index is -3.49. The molecule has 0 aromatic heterocycles. The van der Waals surface area contributed by atoms with E-state index in [0.29, 0.717) is 5.56 Å². The summed E-state index contributed by atoms with van der Waals surface area (Å²) in [5.41, 5.74) is 0.945. The van der Waals surface area contributed by atoms with E-state index in [9.17, 15) is 12.8 Å². The largest absolute Gasteiger partial charge is 0.283 e. The van der Waals surface area contributed by atoms with E-state index >= 15 is 0 Å². The number of hydrogen-bond acceptors (Lipinski definition) is 2. The number of nitrogens with one attached hydrogen (secondary N) is 1. The van der Waals surface area contributed by atoms with Gasteiger partial charge in [-0.2, -0.15) is 0 Å². The lowest BCUT2D eigenvalue weighted by Crippen LogP contribution is -2.22. The molecule has 1 aromatic rings. The fourth-order valence-corrected chi connectivity index (χ4v) is 3.08. The van der Waals surface area contributed by atoms with Crippen LogP contribution >= 0.6 is 11.6 Å². The molecule has 0 saturated heterocycles. The zero-order valence-corrected chi connectivity index (χ0v) is 11.3. The van der Waals surface area contributed by atoms with Gasteiger partial charge in [0.1, 0.15) is 5.82 Å². The van der Waals surface area contributed by atoms with Crippen LogP contribution in [0.15, 0.2) is 18.2 Å². The molecule has 1 N–H and O–H groups in total. The van der Waals surface area contributed by atoms with Crippen LogP contribution in [0.1, 0.15) is 12.5 Å². The lowest BCUT2D eigenvalue weighted by molar-refractivity contribution is 0.588. The molecule has 1 aromatic carbocycles. The molecule has 1 rings (SSSR count). The average Bonchev–Trinajstić information content (AvgIpc) is 2.22. The van der Waals surface area contributed by atoms with Crippen molar-refractivity contribution in [1.82, 2.24) is 0 Å². The minimum absolute atomic E-state index is 0.0769. The van der Waals surface area contributed by atoms with E-state index < -0.39 is 15.8 Å². The molecule has 0 radical (unpaired) electrons. The molecule has 0 saturated carbocycles. The van der Waals surface area contributed by atoms with E-state index in [1.807, 2.05) is 0 Å². The average molecular weight is 280 g/mol. The van der Waals surface area contributed by atoms with Crippen molar-refractivity contribution in [2.75, 3.05) is 16.4 Å². The first-order chi connectivity index (χ1) is 7.84. The summed E-state index contributed by atoms with van der Waals surface area (Å²) in [6.07, 6.45) is 0. The molecule has 1 atom stereocenters. The molecule has 1 unspecified atom stereocenters. The van der Waals surface area contributed by atoms with Gasteiger partial charge in [-0.15, -0.1) is 11.6 Å². The number of alkyl halides is 1. The predicted octanol–water partition coefficient (Wildman–Crippen LogP) is 2.75. The van der Waals surface area contributed by atoms with Gasteiger partial charge in [-0.3, -0.25) is 4.72 Å². The Balaban J connectivity index is 2.86. The van der Waals surface area contributed by atoms with Crippen molar-refractivity contribution in [2.45, 2.75) is 13.8 Å². The van der Waals surface area contributed by atoms with Crippen molar-refractivity contribution < 1.29 is 12.8 Å². The van der Waals surface area contributed by atoms with Crippen molar-refractivity contribution in [3.8, 4) is 0 Å². The molecule has 0 heterocycles. The molecule has 0 aliphatic carbocycles. The van der Waals surface area contributed by atoms with E-state index in [1.54, 1.807) is 13.8 Å². The second kappa shape index (κ2) is 5.69. The molecule has 0 aliphatic heterocycles. The summed E-state index contributed by atoms with van der Waals surface area (Å²) in [4.78, 5) is 0. The molecule has 3 nitrogen and oxygen atoms in total. The lowest BCUT2D eigenvalue weighted by Gasteiger charge is -2.12. The summed E-state index contributed by atoms with van der Waals surface area (Å²) in [7, 11) is -3.49. The molecular weight excluding hydrogens is 265 g/mol. The quantitative estimate of drug-likeness (QED) is 0.843. The lowest BCUT2D eigenvalue weighted by atomic mass is 10.2. The first-order valence-corrected chi connectivity index (χ1v) is 7.35. The molecule has 0 amide bonds. The van der Waals surface area contributed by atoms with Gasteiger partial charge >= 0.3 is 0 Å². The minimum Gasteiger partial charge on any atom is -0.283 e. The number of aryl methyl sites for hydroxylation is 1. The monoisotopic (exact) mass is 279 g/mol. The molecular formula is C11H15ClFNO2S. The fourth-order valence-electron chi connectivity index (χ4n) is 1.33. The van der Waals surface area contributed by atoms with Crippen molar-refractivity contribution in [3.05, 3.63) is 29.6 Å². The number of anilines is 1. The smallest absolute Gasteiger partial charge is 0.233 e. The third kappa shape index (κ3) is 4.52. The SMILES string of the molecule is Cc1ccc(F)cc1NS(=O)(=O)CC(C)CCl. The van der Waals surface area contributed by atoms with Crippen LogP contribution in [0.4, 0.5) is 10.1 Å². The molecule has 6 heteroatoms. The van der Waals surface area contributed by atoms with Crippen LogP contribution in [0, 0.1) is 18.7 Å². The highest BCUT2D eigenvalue weighted by Gasteiger charge is 2.16. The van der Waals surface area contributed by atoms with Crippen molar-refractivity contribution in [1.29, 1.82) is 0 Å². The molecule has 96 valence electrons. The van der Waals surface area contributed by atoms with Crippen molar-refractivity contribution in [3.63, 3.8) is 0 Å². The van der Waals surface area contributed by atoms with Gasteiger partial charge in [0.25, 0.3) is 0 Å². The van der Waals surface area contributed by atoms with E-state index in [-0.39, 0.29) is 23.2 Å². The predicted molar refractivity (Wildman–Crippen MR) is 68.4 cm³/mol. The molecule has 0 fully saturated rings. The van der Waals surface area contributed by atoms with E-state index in [0.717, 1.165) is 6.07 Å². The molecule has 0 aliphatic rings. The van der Waals surface area contributed by atoms with E-state index in [4.69, 9.17) is 11.6 Å². The van der Waals surface area contributed by atoms with Gasteiger partial charge in [0.2, 0.25) is 10.0 Å². The van der Waals surface area contributed by atoms with Gasteiger partial charge in [-0.1, -0.05) is 13.0 Å². The van der Waals surface area contributed by atoms with Crippen molar-refractivity contribution in [2.24, 2.45) is 5.92 Å². The Hall–Kier alpha value is -0.810. The van der Waals surface area contributed by atoms with Crippen LogP contribution in [-0.4, -0.2) is 20.1 Å². The van der Waals surface area contributed by atoms with Gasteiger partial charge in [-0.05, 0) is 30.5 Å². The maximum absolute atomic E-state index is 13.0. The Bertz CT molecular complexity index is 490. The molecule has 17 heavy (non-hydrogen) atoms. The number of rotatable bonds is 5. The van der Waals surface area contributed by atoms with Gasteiger partial charge in [0.15, 0.2) is 0 Å².